The Labute approximate surface area is 73.6 Å². The Morgan fingerprint density at radius 1 is 1.33 bits per heavy atom. The molecule has 1 rings (SSSR count). The zero-order valence-electron chi connectivity index (χ0n) is 7.59. The van der Waals surface area contributed by atoms with Crippen LogP contribution < -0.4 is 0 Å². The molecule has 0 bridgehead atoms. The average molecular weight is 159 g/mol. The van der Waals surface area contributed by atoms with Crippen molar-refractivity contribution < 1.29 is 0 Å². The van der Waals surface area contributed by atoms with Gasteiger partial charge in [-0.3, -0.25) is 0 Å². The van der Waals surface area contributed by atoms with Crippen molar-refractivity contribution in [3.63, 3.8) is 0 Å². The summed E-state index contributed by atoms with van der Waals surface area (Å²) in [5, 5.41) is 8.56. The lowest BCUT2D eigenvalue weighted by atomic mass is 10.0. The van der Waals surface area contributed by atoms with E-state index in [4.69, 9.17) is 5.26 Å². The van der Waals surface area contributed by atoms with Gasteiger partial charge in [0.15, 0.2) is 0 Å². The van der Waals surface area contributed by atoms with E-state index in [0.717, 1.165) is 6.42 Å². The summed E-state index contributed by atoms with van der Waals surface area (Å²) in [6.45, 7) is 4.20. The smallest absolute Gasteiger partial charge is 0.0669 e. The fourth-order valence-electron chi connectivity index (χ4n) is 1.34. The Hall–Kier alpha value is -1.29. The van der Waals surface area contributed by atoms with Gasteiger partial charge in [-0.1, -0.05) is 30.7 Å². The van der Waals surface area contributed by atoms with Gasteiger partial charge in [0.25, 0.3) is 0 Å². The molecule has 0 fully saturated rings. The second-order valence-corrected chi connectivity index (χ2v) is 2.96. The molecule has 0 atom stereocenters. The second kappa shape index (κ2) is 3.92. The summed E-state index contributed by atoms with van der Waals surface area (Å²) in [6.07, 6.45) is 1.54. The highest BCUT2D eigenvalue weighted by atomic mass is 14.2. The molecule has 0 heterocycles. The summed E-state index contributed by atoms with van der Waals surface area (Å²) in [5.74, 6) is 0. The maximum Gasteiger partial charge on any atom is 0.0669 e. The Balaban J connectivity index is 3.04. The lowest BCUT2D eigenvalue weighted by Gasteiger charge is -2.04. The van der Waals surface area contributed by atoms with E-state index in [1.54, 1.807) is 0 Å². The Kier molecular flexibility index (Phi) is 2.88. The van der Waals surface area contributed by atoms with Crippen LogP contribution in [0.2, 0.25) is 0 Å². The van der Waals surface area contributed by atoms with Crippen LogP contribution in [0.3, 0.4) is 0 Å². The lowest BCUT2D eigenvalue weighted by molar-refractivity contribution is 1.07. The van der Waals surface area contributed by atoms with E-state index in [1.165, 1.54) is 16.7 Å². The zero-order valence-corrected chi connectivity index (χ0v) is 7.59. The van der Waals surface area contributed by atoms with Crippen LogP contribution in [0.25, 0.3) is 0 Å². The van der Waals surface area contributed by atoms with Crippen molar-refractivity contribution >= 4 is 0 Å². The highest BCUT2D eigenvalue weighted by Gasteiger charge is 1.99. The van der Waals surface area contributed by atoms with Crippen molar-refractivity contribution in [3.8, 4) is 6.07 Å². The minimum Gasteiger partial charge on any atom is -0.198 e. The van der Waals surface area contributed by atoms with Gasteiger partial charge >= 0.3 is 0 Å². The van der Waals surface area contributed by atoms with Crippen LogP contribution in [0.15, 0.2) is 18.2 Å². The van der Waals surface area contributed by atoms with Gasteiger partial charge < -0.3 is 0 Å². The quantitative estimate of drug-likeness (QED) is 0.650. The standard InChI is InChI=1S/C11H13N/c1-3-10-8-9(2)4-5-11(10)6-7-12/h4-5,8H,3,6H2,1-2H3. The van der Waals surface area contributed by atoms with Crippen LogP contribution in [-0.2, 0) is 12.8 Å². The first-order valence-electron chi connectivity index (χ1n) is 4.23. The molecule has 1 aromatic rings. The van der Waals surface area contributed by atoms with Gasteiger partial charge in [-0.25, -0.2) is 0 Å². The second-order valence-electron chi connectivity index (χ2n) is 2.96. The first-order valence-corrected chi connectivity index (χ1v) is 4.23. The maximum absolute atomic E-state index is 8.56. The van der Waals surface area contributed by atoms with E-state index >= 15 is 0 Å². The number of nitriles is 1. The zero-order chi connectivity index (χ0) is 8.97. The molecule has 1 heteroatoms. The van der Waals surface area contributed by atoms with Gasteiger partial charge in [-0.2, -0.15) is 5.26 Å². The fraction of sp³-hybridized carbons (Fsp3) is 0.364. The van der Waals surface area contributed by atoms with Crippen LogP contribution in [0.4, 0.5) is 0 Å². The van der Waals surface area contributed by atoms with Crippen LogP contribution in [0, 0.1) is 18.3 Å². The number of aryl methyl sites for hydroxylation is 2. The minimum atomic E-state index is 0.531. The summed E-state index contributed by atoms with van der Waals surface area (Å²) in [6, 6.07) is 8.45. The van der Waals surface area contributed by atoms with E-state index < -0.39 is 0 Å². The van der Waals surface area contributed by atoms with E-state index in [-0.39, 0.29) is 0 Å². The largest absolute Gasteiger partial charge is 0.198 e. The molecule has 12 heavy (non-hydrogen) atoms. The molecule has 0 amide bonds. The van der Waals surface area contributed by atoms with Crippen molar-refractivity contribution in [2.24, 2.45) is 0 Å². The van der Waals surface area contributed by atoms with Gasteiger partial charge in [-0.05, 0) is 24.5 Å². The Morgan fingerprint density at radius 3 is 2.67 bits per heavy atom. The predicted molar refractivity (Wildman–Crippen MR) is 49.9 cm³/mol. The topological polar surface area (TPSA) is 23.8 Å². The SMILES string of the molecule is CCc1cc(C)ccc1CC#N. The van der Waals surface area contributed by atoms with E-state index in [0.29, 0.717) is 6.42 Å². The van der Waals surface area contributed by atoms with Gasteiger partial charge in [0, 0.05) is 0 Å². The van der Waals surface area contributed by atoms with Crippen molar-refractivity contribution in [3.05, 3.63) is 34.9 Å². The van der Waals surface area contributed by atoms with Crippen molar-refractivity contribution in [1.82, 2.24) is 0 Å². The van der Waals surface area contributed by atoms with Gasteiger partial charge in [0.1, 0.15) is 0 Å². The molecule has 0 saturated carbocycles. The highest BCUT2D eigenvalue weighted by Crippen LogP contribution is 2.12. The van der Waals surface area contributed by atoms with Crippen LogP contribution in [0.5, 0.6) is 0 Å². The first-order chi connectivity index (χ1) is 5.77. The molecule has 0 N–H and O–H groups in total. The van der Waals surface area contributed by atoms with E-state index in [9.17, 15) is 0 Å². The van der Waals surface area contributed by atoms with Crippen LogP contribution in [0.1, 0.15) is 23.6 Å². The molecule has 62 valence electrons. The average Bonchev–Trinajstić information content (AvgIpc) is 2.08. The molecule has 0 aliphatic rings. The van der Waals surface area contributed by atoms with Gasteiger partial charge in [-0.15, -0.1) is 0 Å². The molecule has 0 aliphatic heterocycles. The van der Waals surface area contributed by atoms with Gasteiger partial charge in [0.05, 0.1) is 12.5 Å². The number of benzene rings is 1. The Bertz CT molecular complexity index is 307. The van der Waals surface area contributed by atoms with Crippen LogP contribution in [-0.4, -0.2) is 0 Å². The molecule has 0 aliphatic carbocycles. The van der Waals surface area contributed by atoms with Crippen molar-refractivity contribution in [2.75, 3.05) is 0 Å². The number of hydrogen-bond acceptors (Lipinski definition) is 1. The minimum absolute atomic E-state index is 0.531. The number of nitrogens with zero attached hydrogens (tertiary/aromatic N) is 1. The van der Waals surface area contributed by atoms with Crippen molar-refractivity contribution in [2.45, 2.75) is 26.7 Å². The molecule has 0 aromatic heterocycles. The molecule has 0 unspecified atom stereocenters. The van der Waals surface area contributed by atoms with Crippen LogP contribution >= 0.6 is 0 Å². The number of rotatable bonds is 2. The normalized spacial score (nSPS) is 9.42. The molecule has 0 saturated heterocycles. The molecule has 0 spiro atoms. The number of hydrogen-bond donors (Lipinski definition) is 0. The van der Waals surface area contributed by atoms with E-state index in [2.05, 4.69) is 38.1 Å². The third kappa shape index (κ3) is 1.85. The third-order valence-corrected chi connectivity index (χ3v) is 2.01. The Morgan fingerprint density at radius 2 is 2.08 bits per heavy atom. The molecular formula is C11H13N. The summed E-state index contributed by atoms with van der Waals surface area (Å²) in [7, 11) is 0. The lowest BCUT2D eigenvalue weighted by Crippen LogP contribution is -1.91. The summed E-state index contributed by atoms with van der Waals surface area (Å²) < 4.78 is 0. The molecule has 0 radical (unpaired) electrons. The van der Waals surface area contributed by atoms with E-state index in [1.807, 2.05) is 0 Å². The fourth-order valence-corrected chi connectivity index (χ4v) is 1.34. The molecule has 1 nitrogen and oxygen atoms in total. The van der Waals surface area contributed by atoms with Gasteiger partial charge in [0.2, 0.25) is 0 Å². The van der Waals surface area contributed by atoms with Crippen molar-refractivity contribution in [1.29, 1.82) is 5.26 Å². The predicted octanol–water partition coefficient (Wildman–Crippen LogP) is 2.62. The molecular weight excluding hydrogens is 146 g/mol. The summed E-state index contributed by atoms with van der Waals surface area (Å²) >= 11 is 0. The highest BCUT2D eigenvalue weighted by molar-refractivity contribution is 5.33. The molecule has 1 aromatic carbocycles. The summed E-state index contributed by atoms with van der Waals surface area (Å²) in [4.78, 5) is 0. The monoisotopic (exact) mass is 159 g/mol. The summed E-state index contributed by atoms with van der Waals surface area (Å²) in [5.41, 5.74) is 3.75. The third-order valence-electron chi connectivity index (χ3n) is 2.01. The maximum atomic E-state index is 8.56. The first kappa shape index (κ1) is 8.80.